The van der Waals surface area contributed by atoms with Crippen LogP contribution in [0, 0.1) is 12.8 Å². The van der Waals surface area contributed by atoms with Crippen molar-refractivity contribution in [3.63, 3.8) is 0 Å². The quantitative estimate of drug-likeness (QED) is 0.886. The van der Waals surface area contributed by atoms with Crippen molar-refractivity contribution in [2.24, 2.45) is 5.92 Å². The molecule has 24 heavy (non-hydrogen) atoms. The lowest BCUT2D eigenvalue weighted by Crippen LogP contribution is -2.28. The van der Waals surface area contributed by atoms with Crippen LogP contribution < -0.4 is 5.32 Å². The van der Waals surface area contributed by atoms with Gasteiger partial charge in [0.05, 0.1) is 0 Å². The minimum atomic E-state index is -0.230. The Labute approximate surface area is 145 Å². The van der Waals surface area contributed by atoms with Gasteiger partial charge in [-0.15, -0.1) is 11.3 Å². The molecule has 2 aromatic rings. The predicted molar refractivity (Wildman–Crippen MR) is 92.0 cm³/mol. The molecule has 5 nitrogen and oxygen atoms in total. The molecule has 0 radical (unpaired) electrons. The van der Waals surface area contributed by atoms with Crippen LogP contribution in [0.5, 0.6) is 0 Å². The van der Waals surface area contributed by atoms with E-state index in [0.717, 1.165) is 25.1 Å². The number of nitrogens with one attached hydrogen (secondary N) is 1. The Hall–Kier alpha value is -1.69. The fourth-order valence-electron chi connectivity index (χ4n) is 3.61. The maximum absolute atomic E-state index is 12.4. The van der Waals surface area contributed by atoms with Crippen LogP contribution in [0.3, 0.4) is 0 Å². The predicted octanol–water partition coefficient (Wildman–Crippen LogP) is 4.08. The monoisotopic (exact) mass is 345 g/mol. The van der Waals surface area contributed by atoms with Gasteiger partial charge in [-0.2, -0.15) is 4.98 Å². The Morgan fingerprint density at radius 3 is 2.88 bits per heavy atom. The van der Waals surface area contributed by atoms with Gasteiger partial charge >= 0.3 is 0 Å². The molecule has 2 saturated carbocycles. The highest BCUT2D eigenvalue weighted by atomic mass is 32.1. The fraction of sp³-hybridized carbons (Fsp3) is 0.611. The third-order valence-electron chi connectivity index (χ3n) is 5.16. The Balaban J connectivity index is 1.34. The number of amides is 1. The van der Waals surface area contributed by atoms with Crippen molar-refractivity contribution in [2.45, 2.75) is 63.8 Å². The van der Waals surface area contributed by atoms with Crippen LogP contribution in [0.2, 0.25) is 0 Å². The van der Waals surface area contributed by atoms with Crippen molar-refractivity contribution in [3.05, 3.63) is 33.6 Å². The van der Waals surface area contributed by atoms with Crippen molar-refractivity contribution in [3.8, 4) is 0 Å². The minimum Gasteiger partial charge on any atom is -0.344 e. The molecule has 0 aliphatic heterocycles. The minimum absolute atomic E-state index is 0.0859. The fourth-order valence-corrected chi connectivity index (χ4v) is 4.66. The Morgan fingerprint density at radius 2 is 2.17 bits per heavy atom. The van der Waals surface area contributed by atoms with E-state index >= 15 is 0 Å². The summed E-state index contributed by atoms with van der Waals surface area (Å²) in [6, 6.07) is 4.04. The van der Waals surface area contributed by atoms with Gasteiger partial charge < -0.3 is 9.84 Å². The first-order valence-corrected chi connectivity index (χ1v) is 9.63. The lowest BCUT2D eigenvalue weighted by atomic mass is 10.1. The molecule has 0 spiro atoms. The van der Waals surface area contributed by atoms with Crippen LogP contribution in [0.4, 0.5) is 0 Å². The number of nitrogens with zero attached hydrogens (tertiary/aromatic N) is 2. The zero-order chi connectivity index (χ0) is 16.7. The maximum atomic E-state index is 12.4. The van der Waals surface area contributed by atoms with Gasteiger partial charge in [0.1, 0.15) is 6.04 Å². The summed E-state index contributed by atoms with van der Waals surface area (Å²) in [6.07, 6.45) is 5.71. The third kappa shape index (κ3) is 3.11. The van der Waals surface area contributed by atoms with Crippen LogP contribution in [-0.4, -0.2) is 16.0 Å². The van der Waals surface area contributed by atoms with Crippen LogP contribution >= 0.6 is 11.3 Å². The maximum Gasteiger partial charge on any atom is 0.248 e. The molecular weight excluding hydrogens is 322 g/mol. The molecule has 0 unspecified atom stereocenters. The van der Waals surface area contributed by atoms with E-state index in [-0.39, 0.29) is 17.9 Å². The van der Waals surface area contributed by atoms with E-state index < -0.39 is 0 Å². The molecule has 4 rings (SSSR count). The molecule has 0 saturated heterocycles. The average Bonchev–Trinajstić information content (AvgIpc) is 2.99. The number of aryl methyl sites for hydroxylation is 1. The van der Waals surface area contributed by atoms with E-state index in [1.807, 2.05) is 6.92 Å². The number of hydrogen-bond donors (Lipinski definition) is 1. The van der Waals surface area contributed by atoms with Crippen LogP contribution in [-0.2, 0) is 4.79 Å². The molecule has 128 valence electrons. The van der Waals surface area contributed by atoms with Crippen LogP contribution in [0.25, 0.3) is 0 Å². The highest BCUT2D eigenvalue weighted by Crippen LogP contribution is 2.49. The molecule has 2 aliphatic carbocycles. The SMILES string of the molecule is Cc1ccc([C@@H]2C[C@@H]2C(=O)N[C@@H](C)c2nc(C3CCCC3)no2)s1. The molecule has 2 aromatic heterocycles. The van der Waals surface area contributed by atoms with Gasteiger partial charge in [-0.05, 0) is 45.2 Å². The topological polar surface area (TPSA) is 68.0 Å². The summed E-state index contributed by atoms with van der Waals surface area (Å²) in [5.41, 5.74) is 0. The summed E-state index contributed by atoms with van der Waals surface area (Å²) in [5, 5.41) is 7.15. The Bertz CT molecular complexity index is 732. The molecule has 3 atom stereocenters. The van der Waals surface area contributed by atoms with Crippen molar-refractivity contribution in [1.82, 2.24) is 15.5 Å². The second-order valence-electron chi connectivity index (χ2n) is 7.10. The smallest absolute Gasteiger partial charge is 0.248 e. The first-order valence-electron chi connectivity index (χ1n) is 8.82. The summed E-state index contributed by atoms with van der Waals surface area (Å²) in [4.78, 5) is 19.6. The molecule has 0 bridgehead atoms. The Morgan fingerprint density at radius 1 is 1.38 bits per heavy atom. The number of thiophene rings is 1. The van der Waals surface area contributed by atoms with Gasteiger partial charge in [0.2, 0.25) is 11.8 Å². The van der Waals surface area contributed by atoms with Crippen molar-refractivity contribution in [2.75, 3.05) is 0 Å². The molecule has 2 heterocycles. The summed E-state index contributed by atoms with van der Waals surface area (Å²) in [7, 11) is 0. The van der Waals surface area contributed by atoms with Gasteiger partial charge in [-0.1, -0.05) is 18.0 Å². The largest absolute Gasteiger partial charge is 0.344 e. The molecular formula is C18H23N3O2S. The zero-order valence-corrected chi connectivity index (χ0v) is 14.9. The van der Waals surface area contributed by atoms with Crippen molar-refractivity contribution < 1.29 is 9.32 Å². The van der Waals surface area contributed by atoms with E-state index in [2.05, 4.69) is 34.5 Å². The van der Waals surface area contributed by atoms with Gasteiger partial charge in [-0.25, -0.2) is 0 Å². The number of carbonyl (C=O) groups is 1. The lowest BCUT2D eigenvalue weighted by Gasteiger charge is -2.09. The van der Waals surface area contributed by atoms with E-state index in [9.17, 15) is 4.79 Å². The lowest BCUT2D eigenvalue weighted by molar-refractivity contribution is -0.123. The van der Waals surface area contributed by atoms with E-state index in [1.165, 1.54) is 22.6 Å². The van der Waals surface area contributed by atoms with E-state index in [4.69, 9.17) is 4.52 Å². The zero-order valence-electron chi connectivity index (χ0n) is 14.1. The first-order chi connectivity index (χ1) is 11.6. The molecule has 2 aliphatic rings. The van der Waals surface area contributed by atoms with Gasteiger partial charge in [0.15, 0.2) is 5.82 Å². The molecule has 2 fully saturated rings. The molecule has 1 amide bonds. The second kappa shape index (κ2) is 6.31. The highest BCUT2D eigenvalue weighted by molar-refractivity contribution is 7.12. The number of rotatable bonds is 5. The number of aromatic nitrogens is 2. The Kier molecular flexibility index (Phi) is 4.16. The summed E-state index contributed by atoms with van der Waals surface area (Å²) in [5.74, 6) is 2.33. The van der Waals surface area contributed by atoms with Gasteiger partial charge in [0.25, 0.3) is 0 Å². The van der Waals surface area contributed by atoms with Crippen LogP contribution in [0.1, 0.15) is 78.4 Å². The second-order valence-corrected chi connectivity index (χ2v) is 8.42. The summed E-state index contributed by atoms with van der Waals surface area (Å²) >= 11 is 1.79. The molecule has 0 aromatic carbocycles. The summed E-state index contributed by atoms with van der Waals surface area (Å²) in [6.45, 7) is 4.02. The summed E-state index contributed by atoms with van der Waals surface area (Å²) < 4.78 is 5.38. The van der Waals surface area contributed by atoms with Crippen molar-refractivity contribution >= 4 is 17.2 Å². The van der Waals surface area contributed by atoms with Crippen molar-refractivity contribution in [1.29, 1.82) is 0 Å². The molecule has 6 heteroatoms. The average molecular weight is 345 g/mol. The standard InChI is InChI=1S/C18H23N3O2S/c1-10-7-8-15(24-10)13-9-14(13)17(22)19-11(2)18-20-16(21-23-18)12-5-3-4-6-12/h7-8,11-14H,3-6,9H2,1-2H3,(H,19,22)/t11-,13+,14-/m0/s1. The van der Waals surface area contributed by atoms with Crippen LogP contribution in [0.15, 0.2) is 16.7 Å². The number of hydrogen-bond acceptors (Lipinski definition) is 5. The molecule has 1 N–H and O–H groups in total. The van der Waals surface area contributed by atoms with Gasteiger partial charge in [-0.3, -0.25) is 4.79 Å². The third-order valence-corrected chi connectivity index (χ3v) is 6.29. The van der Waals surface area contributed by atoms with Gasteiger partial charge in [0, 0.05) is 27.5 Å². The van der Waals surface area contributed by atoms with E-state index in [1.54, 1.807) is 11.3 Å². The van der Waals surface area contributed by atoms with E-state index in [0.29, 0.717) is 17.7 Å². The number of carbonyl (C=O) groups excluding carboxylic acids is 1. The highest BCUT2D eigenvalue weighted by Gasteiger charge is 2.45. The first kappa shape index (κ1) is 15.8. The normalized spacial score (nSPS) is 24.9.